The molecule has 160 valence electrons. The molecule has 1 saturated heterocycles. The van der Waals surface area contributed by atoms with Crippen LogP contribution in [0.25, 0.3) is 0 Å². The Bertz CT molecular complexity index is 691. The summed E-state index contributed by atoms with van der Waals surface area (Å²) in [4.78, 5) is 6.94. The molecule has 3 rings (SSSR count). The fourth-order valence-electron chi connectivity index (χ4n) is 3.05. The van der Waals surface area contributed by atoms with E-state index < -0.39 is 6.10 Å². The Balaban J connectivity index is 0.00000300. The van der Waals surface area contributed by atoms with E-state index in [2.05, 4.69) is 20.5 Å². The number of aliphatic hydroxyl groups is 1. The molecule has 0 aliphatic carbocycles. The second kappa shape index (κ2) is 13.6. The highest BCUT2D eigenvalue weighted by Gasteiger charge is 2.11. The van der Waals surface area contributed by atoms with Crippen LogP contribution in [0.2, 0.25) is 0 Å². The number of aliphatic imine (C=N–C) groups is 1. The maximum absolute atomic E-state index is 10.4. The zero-order valence-corrected chi connectivity index (χ0v) is 19.0. The van der Waals surface area contributed by atoms with Crippen LogP contribution in [0, 0.1) is 0 Å². The van der Waals surface area contributed by atoms with Crippen molar-refractivity contribution in [1.82, 2.24) is 15.5 Å². The SMILES string of the molecule is I.OC(CN=C(NCCc1ccco1)NCCN1CCOCC1)c1ccccc1. The second-order valence-electron chi connectivity index (χ2n) is 6.75. The number of nitrogens with zero attached hydrogens (tertiary/aromatic N) is 2. The molecule has 1 aliphatic rings. The third kappa shape index (κ3) is 8.73. The monoisotopic (exact) mass is 514 g/mol. The van der Waals surface area contributed by atoms with Crippen LogP contribution < -0.4 is 10.6 Å². The van der Waals surface area contributed by atoms with E-state index in [1.807, 2.05) is 42.5 Å². The summed E-state index contributed by atoms with van der Waals surface area (Å²) in [5, 5.41) is 17.1. The van der Waals surface area contributed by atoms with E-state index in [1.165, 1.54) is 0 Å². The smallest absolute Gasteiger partial charge is 0.191 e. The molecule has 1 aromatic heterocycles. The summed E-state index contributed by atoms with van der Waals surface area (Å²) in [6.45, 7) is 6.25. The molecule has 7 nitrogen and oxygen atoms in total. The van der Waals surface area contributed by atoms with Crippen molar-refractivity contribution >= 4 is 29.9 Å². The zero-order chi connectivity index (χ0) is 19.4. The Morgan fingerprint density at radius 2 is 1.83 bits per heavy atom. The summed E-state index contributed by atoms with van der Waals surface area (Å²) >= 11 is 0. The van der Waals surface area contributed by atoms with E-state index in [-0.39, 0.29) is 24.0 Å². The van der Waals surface area contributed by atoms with Gasteiger partial charge >= 0.3 is 0 Å². The molecule has 1 atom stereocenters. The van der Waals surface area contributed by atoms with Crippen LogP contribution in [0.3, 0.4) is 0 Å². The first-order valence-electron chi connectivity index (χ1n) is 9.89. The molecule has 2 heterocycles. The van der Waals surface area contributed by atoms with E-state index in [9.17, 15) is 5.11 Å². The van der Waals surface area contributed by atoms with Gasteiger partial charge in [0, 0.05) is 39.1 Å². The Hall–Kier alpha value is -1.62. The predicted octanol–water partition coefficient (Wildman–Crippen LogP) is 2.04. The Morgan fingerprint density at radius 3 is 2.55 bits per heavy atom. The number of ether oxygens (including phenoxy) is 1. The Labute approximate surface area is 189 Å². The van der Waals surface area contributed by atoms with Crippen molar-refractivity contribution in [2.24, 2.45) is 4.99 Å². The highest BCUT2D eigenvalue weighted by atomic mass is 127. The molecular formula is C21H31IN4O3. The summed E-state index contributed by atoms with van der Waals surface area (Å²) in [5.74, 6) is 1.64. The highest BCUT2D eigenvalue weighted by molar-refractivity contribution is 14.0. The van der Waals surface area contributed by atoms with Crippen LogP contribution in [-0.4, -0.2) is 68.4 Å². The van der Waals surface area contributed by atoms with Crippen LogP contribution in [0.15, 0.2) is 58.1 Å². The van der Waals surface area contributed by atoms with Gasteiger partial charge in [-0.1, -0.05) is 30.3 Å². The van der Waals surface area contributed by atoms with E-state index in [0.29, 0.717) is 19.0 Å². The molecule has 8 heteroatoms. The van der Waals surface area contributed by atoms with Gasteiger partial charge in [0.1, 0.15) is 5.76 Å². The lowest BCUT2D eigenvalue weighted by molar-refractivity contribution is 0.0389. The van der Waals surface area contributed by atoms with Gasteiger partial charge in [0.05, 0.1) is 32.1 Å². The van der Waals surface area contributed by atoms with Gasteiger partial charge in [0.2, 0.25) is 0 Å². The van der Waals surface area contributed by atoms with E-state index in [0.717, 1.165) is 57.1 Å². The molecule has 1 aromatic carbocycles. The van der Waals surface area contributed by atoms with Gasteiger partial charge in [-0.25, -0.2) is 0 Å². The maximum Gasteiger partial charge on any atom is 0.191 e. The van der Waals surface area contributed by atoms with Crippen LogP contribution in [0.5, 0.6) is 0 Å². The van der Waals surface area contributed by atoms with Crippen LogP contribution in [0.4, 0.5) is 0 Å². The highest BCUT2D eigenvalue weighted by Crippen LogP contribution is 2.11. The fourth-order valence-corrected chi connectivity index (χ4v) is 3.05. The molecule has 0 saturated carbocycles. The van der Waals surface area contributed by atoms with Crippen molar-refractivity contribution in [3.63, 3.8) is 0 Å². The lowest BCUT2D eigenvalue weighted by Gasteiger charge is -2.26. The lowest BCUT2D eigenvalue weighted by Crippen LogP contribution is -2.45. The maximum atomic E-state index is 10.4. The topological polar surface area (TPSA) is 82.3 Å². The van der Waals surface area contributed by atoms with Gasteiger partial charge in [-0.3, -0.25) is 9.89 Å². The van der Waals surface area contributed by atoms with Gasteiger partial charge in [-0.2, -0.15) is 0 Å². The molecule has 0 amide bonds. The van der Waals surface area contributed by atoms with Crippen molar-refractivity contribution < 1.29 is 14.3 Å². The van der Waals surface area contributed by atoms with Crippen LogP contribution in [0.1, 0.15) is 17.4 Å². The first-order valence-corrected chi connectivity index (χ1v) is 9.89. The van der Waals surface area contributed by atoms with E-state index >= 15 is 0 Å². The van der Waals surface area contributed by atoms with E-state index in [1.54, 1.807) is 6.26 Å². The number of benzene rings is 1. The van der Waals surface area contributed by atoms with Gasteiger partial charge in [-0.15, -0.1) is 24.0 Å². The third-order valence-corrected chi connectivity index (χ3v) is 4.67. The fraction of sp³-hybridized carbons (Fsp3) is 0.476. The van der Waals surface area contributed by atoms with Crippen molar-refractivity contribution in [3.8, 4) is 0 Å². The zero-order valence-electron chi connectivity index (χ0n) is 16.6. The number of furan rings is 1. The van der Waals surface area contributed by atoms with Gasteiger partial charge in [0.15, 0.2) is 5.96 Å². The number of hydrogen-bond donors (Lipinski definition) is 3. The first kappa shape index (κ1) is 23.7. The summed E-state index contributed by atoms with van der Waals surface area (Å²) in [6, 6.07) is 13.5. The van der Waals surface area contributed by atoms with Gasteiger partial charge in [-0.05, 0) is 17.7 Å². The predicted molar refractivity (Wildman–Crippen MR) is 125 cm³/mol. The van der Waals surface area contributed by atoms with Crippen molar-refractivity contribution in [2.45, 2.75) is 12.5 Å². The normalized spacial score (nSPS) is 16.1. The van der Waals surface area contributed by atoms with Gasteiger partial charge in [0.25, 0.3) is 0 Å². The Kier molecular flexibility index (Phi) is 11.1. The number of guanidine groups is 1. The molecule has 1 unspecified atom stereocenters. The summed E-state index contributed by atoms with van der Waals surface area (Å²) in [6.07, 6.45) is 1.84. The molecule has 2 aromatic rings. The first-order chi connectivity index (χ1) is 13.8. The quantitative estimate of drug-likeness (QED) is 0.270. The molecule has 0 bridgehead atoms. The minimum Gasteiger partial charge on any atom is -0.469 e. The second-order valence-corrected chi connectivity index (χ2v) is 6.75. The third-order valence-electron chi connectivity index (χ3n) is 4.67. The number of halogens is 1. The summed E-state index contributed by atoms with van der Waals surface area (Å²) in [5.41, 5.74) is 0.870. The van der Waals surface area contributed by atoms with Crippen LogP contribution in [-0.2, 0) is 11.2 Å². The molecule has 0 spiro atoms. The number of hydrogen-bond acceptors (Lipinski definition) is 5. The molecule has 1 fully saturated rings. The lowest BCUT2D eigenvalue weighted by atomic mass is 10.1. The average Bonchev–Trinajstić information content (AvgIpc) is 3.26. The van der Waals surface area contributed by atoms with E-state index in [4.69, 9.17) is 9.15 Å². The average molecular weight is 514 g/mol. The molecule has 0 radical (unpaired) electrons. The van der Waals surface area contributed by atoms with Crippen LogP contribution >= 0.6 is 24.0 Å². The molecule has 1 aliphatic heterocycles. The Morgan fingerprint density at radius 1 is 1.07 bits per heavy atom. The standard InChI is InChI=1S/C21H30N4O3.HI/c26-20(18-5-2-1-3-6-18)17-24-21(22-9-8-19-7-4-14-28-19)23-10-11-25-12-15-27-16-13-25;/h1-7,14,20,26H,8-13,15-17H2,(H2,22,23,24);1H. The number of morpholine rings is 1. The minimum atomic E-state index is -0.621. The van der Waals surface area contributed by atoms with Crippen molar-refractivity contribution in [3.05, 3.63) is 60.1 Å². The summed E-state index contributed by atoms with van der Waals surface area (Å²) in [7, 11) is 0. The van der Waals surface area contributed by atoms with Crippen molar-refractivity contribution in [1.29, 1.82) is 0 Å². The largest absolute Gasteiger partial charge is 0.469 e. The number of rotatable bonds is 9. The molecular weight excluding hydrogens is 483 g/mol. The summed E-state index contributed by atoms with van der Waals surface area (Å²) < 4.78 is 10.8. The minimum absolute atomic E-state index is 0. The number of nitrogens with one attached hydrogen (secondary N) is 2. The molecule has 3 N–H and O–H groups in total. The van der Waals surface area contributed by atoms with Crippen molar-refractivity contribution in [2.75, 3.05) is 52.5 Å². The number of aliphatic hydroxyl groups excluding tert-OH is 1. The molecule has 29 heavy (non-hydrogen) atoms. The van der Waals surface area contributed by atoms with Gasteiger partial charge < -0.3 is 24.9 Å².